The van der Waals surface area contributed by atoms with Crippen molar-refractivity contribution >= 4 is 0 Å². The average Bonchev–Trinajstić information content (AvgIpc) is 2.68. The van der Waals surface area contributed by atoms with Gasteiger partial charge in [-0.25, -0.2) is 0 Å². The van der Waals surface area contributed by atoms with E-state index in [1.54, 1.807) is 0 Å². The van der Waals surface area contributed by atoms with Gasteiger partial charge in [0.1, 0.15) is 0 Å². The molecule has 3 unspecified atom stereocenters. The molecule has 2 heteroatoms. The van der Waals surface area contributed by atoms with Gasteiger partial charge in [0.2, 0.25) is 0 Å². The molecule has 0 N–H and O–H groups in total. The van der Waals surface area contributed by atoms with Crippen LogP contribution in [0.15, 0.2) is 30.3 Å². The van der Waals surface area contributed by atoms with Gasteiger partial charge in [0.05, 0.1) is 12.7 Å². The fourth-order valence-electron chi connectivity index (χ4n) is 1.48. The predicted molar refractivity (Wildman–Crippen MR) is 53.5 cm³/mol. The topological polar surface area (TPSA) is 18.5 Å². The van der Waals surface area contributed by atoms with E-state index >= 15 is 0 Å². The van der Waals surface area contributed by atoms with E-state index < -0.39 is 0 Å². The van der Waals surface area contributed by atoms with E-state index in [1.165, 1.54) is 0 Å². The van der Waals surface area contributed by atoms with Gasteiger partial charge in [0.25, 0.3) is 0 Å². The van der Waals surface area contributed by atoms with Crippen LogP contribution < -0.4 is 0 Å². The summed E-state index contributed by atoms with van der Waals surface area (Å²) in [5.74, 6) is 0.0173. The lowest BCUT2D eigenvalue weighted by atomic mass is 10.1. The molecule has 1 heterocycles. The second-order valence-electron chi connectivity index (χ2n) is 3.61. The molecule has 1 saturated heterocycles. The van der Waals surface area contributed by atoms with Crippen molar-refractivity contribution in [3.8, 4) is 0 Å². The van der Waals surface area contributed by atoms with Crippen LogP contribution in [0.5, 0.6) is 0 Å². The first kappa shape index (κ1) is 9.69. The lowest BCUT2D eigenvalue weighted by Gasteiger charge is -2.13. The number of hydrogen-bond donors (Lipinski definition) is 0. The minimum Gasteiger partial charge on any atom is -0.346 e. The Bertz CT molecular complexity index is 282. The van der Waals surface area contributed by atoms with Crippen molar-refractivity contribution in [2.75, 3.05) is 6.61 Å². The molecule has 0 aromatic heterocycles. The summed E-state index contributed by atoms with van der Waals surface area (Å²) in [4.78, 5) is 0. The second-order valence-corrected chi connectivity index (χ2v) is 3.61. The SMILES string of the molecule is [CH]C(C)C1COC(c2ccccc2)O1. The molecule has 3 atom stereocenters. The monoisotopic (exact) mass is 190 g/mol. The number of ether oxygens (including phenoxy) is 2. The number of rotatable bonds is 2. The zero-order valence-corrected chi connectivity index (χ0v) is 8.22. The summed E-state index contributed by atoms with van der Waals surface area (Å²) < 4.78 is 11.2. The molecule has 2 nitrogen and oxygen atoms in total. The fourth-order valence-corrected chi connectivity index (χ4v) is 1.48. The van der Waals surface area contributed by atoms with Crippen LogP contribution in [0.2, 0.25) is 0 Å². The van der Waals surface area contributed by atoms with Gasteiger partial charge in [-0.05, 0) is 12.8 Å². The van der Waals surface area contributed by atoms with E-state index in [0.29, 0.717) is 6.61 Å². The van der Waals surface area contributed by atoms with Gasteiger partial charge in [-0.3, -0.25) is 0 Å². The summed E-state index contributed by atoms with van der Waals surface area (Å²) >= 11 is 0. The maximum Gasteiger partial charge on any atom is 0.184 e. The largest absolute Gasteiger partial charge is 0.346 e. The Labute approximate surface area is 84.8 Å². The molecule has 2 radical (unpaired) electrons. The van der Waals surface area contributed by atoms with E-state index in [1.807, 2.05) is 37.3 Å². The third-order valence-electron chi connectivity index (χ3n) is 2.37. The average molecular weight is 190 g/mol. The van der Waals surface area contributed by atoms with Crippen LogP contribution in [0.3, 0.4) is 0 Å². The van der Waals surface area contributed by atoms with Crippen LogP contribution in [0, 0.1) is 12.8 Å². The van der Waals surface area contributed by atoms with Gasteiger partial charge in [-0.2, -0.15) is 0 Å². The summed E-state index contributed by atoms with van der Waals surface area (Å²) in [5, 5.41) is 0. The van der Waals surface area contributed by atoms with Crippen LogP contribution >= 0.6 is 0 Å². The van der Waals surface area contributed by atoms with Crippen LogP contribution in [0.25, 0.3) is 0 Å². The summed E-state index contributed by atoms with van der Waals surface area (Å²) in [6.45, 7) is 8.25. The van der Waals surface area contributed by atoms with E-state index in [2.05, 4.69) is 0 Å². The number of benzene rings is 1. The van der Waals surface area contributed by atoms with E-state index in [0.717, 1.165) is 5.56 Å². The minimum atomic E-state index is -0.243. The Hall–Kier alpha value is -0.860. The van der Waals surface area contributed by atoms with E-state index in [4.69, 9.17) is 16.4 Å². The molecule has 0 spiro atoms. The highest BCUT2D eigenvalue weighted by atomic mass is 16.7. The quantitative estimate of drug-likeness (QED) is 0.713. The Balaban J connectivity index is 2.03. The smallest absolute Gasteiger partial charge is 0.184 e. The second kappa shape index (κ2) is 4.11. The van der Waals surface area contributed by atoms with Gasteiger partial charge >= 0.3 is 0 Å². The fraction of sp³-hybridized carbons (Fsp3) is 0.417. The van der Waals surface area contributed by atoms with Crippen LogP contribution in [-0.4, -0.2) is 12.7 Å². The third-order valence-corrected chi connectivity index (χ3v) is 2.37. The van der Waals surface area contributed by atoms with E-state index in [9.17, 15) is 0 Å². The summed E-state index contributed by atoms with van der Waals surface area (Å²) in [7, 11) is 0. The number of hydrogen-bond acceptors (Lipinski definition) is 2. The Morgan fingerprint density at radius 2 is 2.07 bits per heavy atom. The van der Waals surface area contributed by atoms with Gasteiger partial charge in [-0.1, -0.05) is 37.3 Å². The minimum absolute atomic E-state index is 0.0141. The van der Waals surface area contributed by atoms with Crippen molar-refractivity contribution in [2.45, 2.75) is 19.3 Å². The maximum absolute atomic E-state index is 5.73. The lowest BCUT2D eigenvalue weighted by Crippen LogP contribution is -2.17. The van der Waals surface area contributed by atoms with E-state index in [-0.39, 0.29) is 18.3 Å². The summed E-state index contributed by atoms with van der Waals surface area (Å²) in [5.41, 5.74) is 1.05. The molecule has 1 aliphatic heterocycles. The molecule has 0 bridgehead atoms. The molecule has 0 amide bonds. The van der Waals surface area contributed by atoms with Crippen LogP contribution in [0.4, 0.5) is 0 Å². The molecule has 1 aliphatic rings. The Morgan fingerprint density at radius 3 is 2.64 bits per heavy atom. The molecular weight excluding hydrogens is 176 g/mol. The molecule has 2 rings (SSSR count). The zero-order valence-electron chi connectivity index (χ0n) is 8.22. The molecule has 0 saturated carbocycles. The lowest BCUT2D eigenvalue weighted by molar-refractivity contribution is -0.0654. The van der Waals surface area contributed by atoms with Crippen molar-refractivity contribution in [3.05, 3.63) is 42.8 Å². The highest BCUT2D eigenvalue weighted by Gasteiger charge is 2.29. The van der Waals surface area contributed by atoms with Gasteiger partial charge < -0.3 is 9.47 Å². The van der Waals surface area contributed by atoms with Crippen molar-refractivity contribution in [1.82, 2.24) is 0 Å². The van der Waals surface area contributed by atoms with Gasteiger partial charge in [-0.15, -0.1) is 0 Å². The van der Waals surface area contributed by atoms with Crippen LogP contribution in [0.1, 0.15) is 18.8 Å². The molecule has 74 valence electrons. The van der Waals surface area contributed by atoms with Crippen molar-refractivity contribution in [2.24, 2.45) is 5.92 Å². The van der Waals surface area contributed by atoms with Crippen molar-refractivity contribution in [3.63, 3.8) is 0 Å². The van der Waals surface area contributed by atoms with Crippen molar-refractivity contribution in [1.29, 1.82) is 0 Å². The molecular formula is C12H14O2. The molecule has 1 aromatic carbocycles. The molecule has 14 heavy (non-hydrogen) atoms. The molecule has 1 fully saturated rings. The highest BCUT2D eigenvalue weighted by molar-refractivity contribution is 5.16. The highest BCUT2D eigenvalue weighted by Crippen LogP contribution is 2.29. The zero-order chi connectivity index (χ0) is 9.97. The summed E-state index contributed by atoms with van der Waals surface area (Å²) in [6, 6.07) is 9.91. The first-order chi connectivity index (χ1) is 6.77. The normalized spacial score (nSPS) is 27.1. The predicted octanol–water partition coefficient (Wildman–Crippen LogP) is 2.45. The van der Waals surface area contributed by atoms with Gasteiger partial charge in [0.15, 0.2) is 6.29 Å². The first-order valence-corrected chi connectivity index (χ1v) is 4.85. The molecule has 1 aromatic rings. The Kier molecular flexibility index (Phi) is 2.85. The Morgan fingerprint density at radius 1 is 1.36 bits per heavy atom. The van der Waals surface area contributed by atoms with Gasteiger partial charge in [0, 0.05) is 5.56 Å². The summed E-state index contributed by atoms with van der Waals surface area (Å²) in [6.07, 6.45) is -0.229. The standard InChI is InChI=1S/C12H14O2/c1-9(2)11-8-13-12(14-11)10-6-4-3-5-7-10/h1,3-7,9,11-12H,8H2,2H3. The third kappa shape index (κ3) is 1.97. The maximum atomic E-state index is 5.73. The van der Waals surface area contributed by atoms with Crippen LogP contribution in [-0.2, 0) is 9.47 Å². The molecule has 0 aliphatic carbocycles. The first-order valence-electron chi connectivity index (χ1n) is 4.85. The van der Waals surface area contributed by atoms with Crippen molar-refractivity contribution < 1.29 is 9.47 Å².